The van der Waals surface area contributed by atoms with Crippen LogP contribution in [0.3, 0.4) is 0 Å². The molecular weight excluding hydrogens is 214 g/mol. The van der Waals surface area contributed by atoms with Gasteiger partial charge in [0.25, 0.3) is 0 Å². The zero-order valence-corrected chi connectivity index (χ0v) is 10.1. The lowest BCUT2D eigenvalue weighted by molar-refractivity contribution is 0.185. The average molecular weight is 231 g/mol. The van der Waals surface area contributed by atoms with E-state index in [4.69, 9.17) is 9.15 Å². The number of para-hydroxylation sites is 1. The maximum atomic E-state index is 5.37. The van der Waals surface area contributed by atoms with Gasteiger partial charge in [-0.3, -0.25) is 0 Å². The van der Waals surface area contributed by atoms with Gasteiger partial charge in [0.1, 0.15) is 5.76 Å². The van der Waals surface area contributed by atoms with Crippen LogP contribution in [0.2, 0.25) is 0 Å². The van der Waals surface area contributed by atoms with Crippen molar-refractivity contribution >= 4 is 5.69 Å². The van der Waals surface area contributed by atoms with Gasteiger partial charge in [-0.1, -0.05) is 18.2 Å². The predicted octanol–water partition coefficient (Wildman–Crippen LogP) is 3.60. The molecule has 0 saturated carbocycles. The highest BCUT2D eigenvalue weighted by molar-refractivity contribution is 5.51. The Morgan fingerprint density at radius 2 is 2.06 bits per heavy atom. The van der Waals surface area contributed by atoms with E-state index in [1.807, 2.05) is 30.3 Å². The fourth-order valence-corrected chi connectivity index (χ4v) is 1.78. The van der Waals surface area contributed by atoms with Crippen molar-refractivity contribution in [3.05, 3.63) is 54.0 Å². The minimum absolute atomic E-state index is 0.142. The monoisotopic (exact) mass is 231 g/mol. The first kappa shape index (κ1) is 11.7. The summed E-state index contributed by atoms with van der Waals surface area (Å²) in [5.74, 6) is 0.928. The highest BCUT2D eigenvalue weighted by Crippen LogP contribution is 2.23. The highest BCUT2D eigenvalue weighted by Gasteiger charge is 2.09. The van der Waals surface area contributed by atoms with Gasteiger partial charge in [0.05, 0.1) is 18.9 Å². The van der Waals surface area contributed by atoms with Crippen LogP contribution in [-0.2, 0) is 11.3 Å². The molecule has 0 aliphatic heterocycles. The van der Waals surface area contributed by atoms with Gasteiger partial charge < -0.3 is 14.5 Å². The lowest BCUT2D eigenvalue weighted by atomic mass is 10.1. The van der Waals surface area contributed by atoms with E-state index in [2.05, 4.69) is 18.3 Å². The van der Waals surface area contributed by atoms with Gasteiger partial charge >= 0.3 is 0 Å². The molecule has 0 aliphatic carbocycles. The lowest BCUT2D eigenvalue weighted by Crippen LogP contribution is -2.07. The molecule has 1 unspecified atom stereocenters. The zero-order chi connectivity index (χ0) is 12.1. The quantitative estimate of drug-likeness (QED) is 0.853. The van der Waals surface area contributed by atoms with Gasteiger partial charge in [0.2, 0.25) is 0 Å². The molecule has 3 heteroatoms. The number of hydrogen-bond acceptors (Lipinski definition) is 3. The maximum absolute atomic E-state index is 5.37. The molecule has 0 fully saturated rings. The summed E-state index contributed by atoms with van der Waals surface area (Å²) in [4.78, 5) is 0. The van der Waals surface area contributed by atoms with Crippen molar-refractivity contribution in [3.8, 4) is 0 Å². The molecule has 0 amide bonds. The summed E-state index contributed by atoms with van der Waals surface area (Å²) in [6.45, 7) is 2.68. The van der Waals surface area contributed by atoms with Crippen molar-refractivity contribution in [1.29, 1.82) is 0 Å². The first-order chi connectivity index (χ1) is 8.31. The molecular formula is C14H17NO2. The Morgan fingerprint density at radius 3 is 2.76 bits per heavy atom. The minimum Gasteiger partial charge on any atom is -0.467 e. The summed E-state index contributed by atoms with van der Waals surface area (Å²) >= 11 is 0. The number of hydrogen-bond donors (Lipinski definition) is 1. The zero-order valence-electron chi connectivity index (χ0n) is 10.1. The van der Waals surface area contributed by atoms with Crippen molar-refractivity contribution in [3.63, 3.8) is 0 Å². The molecule has 1 atom stereocenters. The van der Waals surface area contributed by atoms with Crippen molar-refractivity contribution in [2.45, 2.75) is 19.6 Å². The van der Waals surface area contributed by atoms with Gasteiger partial charge in [-0.05, 0) is 25.1 Å². The van der Waals surface area contributed by atoms with E-state index in [0.29, 0.717) is 6.61 Å². The molecule has 3 nitrogen and oxygen atoms in total. The standard InChI is InChI=1S/C14H17NO2/c1-11(14-8-5-9-17-14)15-13-7-4-3-6-12(13)10-16-2/h3-9,11,15H,10H2,1-2H3. The van der Waals surface area contributed by atoms with Crippen LogP contribution in [0.1, 0.15) is 24.3 Å². The number of benzene rings is 1. The van der Waals surface area contributed by atoms with E-state index < -0.39 is 0 Å². The van der Waals surface area contributed by atoms with Crippen LogP contribution in [0.4, 0.5) is 5.69 Å². The average Bonchev–Trinajstić information content (AvgIpc) is 2.85. The Morgan fingerprint density at radius 1 is 1.24 bits per heavy atom. The molecule has 2 rings (SSSR count). The summed E-state index contributed by atoms with van der Waals surface area (Å²) in [5, 5.41) is 3.42. The Bertz CT molecular complexity index is 451. The third-order valence-electron chi connectivity index (χ3n) is 2.66. The van der Waals surface area contributed by atoms with Crippen LogP contribution >= 0.6 is 0 Å². The van der Waals surface area contributed by atoms with Crippen LogP contribution in [0, 0.1) is 0 Å². The number of nitrogens with one attached hydrogen (secondary N) is 1. The van der Waals surface area contributed by atoms with Crippen LogP contribution in [0.25, 0.3) is 0 Å². The normalized spacial score (nSPS) is 12.4. The third-order valence-corrected chi connectivity index (χ3v) is 2.66. The van der Waals surface area contributed by atoms with Crippen LogP contribution in [0.5, 0.6) is 0 Å². The molecule has 1 N–H and O–H groups in total. The second-order valence-electron chi connectivity index (χ2n) is 3.97. The summed E-state index contributed by atoms with van der Waals surface area (Å²) in [6, 6.07) is 12.1. The number of anilines is 1. The van der Waals surface area contributed by atoms with Crippen molar-refractivity contribution in [2.24, 2.45) is 0 Å². The summed E-state index contributed by atoms with van der Waals surface area (Å²) in [6.07, 6.45) is 1.69. The molecule has 90 valence electrons. The lowest BCUT2D eigenvalue weighted by Gasteiger charge is -2.16. The first-order valence-electron chi connectivity index (χ1n) is 5.68. The fourth-order valence-electron chi connectivity index (χ4n) is 1.78. The summed E-state index contributed by atoms with van der Waals surface area (Å²) in [5.41, 5.74) is 2.23. The van der Waals surface area contributed by atoms with E-state index in [1.165, 1.54) is 0 Å². The molecule has 1 heterocycles. The molecule has 0 bridgehead atoms. The Hall–Kier alpha value is -1.74. The summed E-state index contributed by atoms with van der Waals surface area (Å²) in [7, 11) is 1.70. The summed E-state index contributed by atoms with van der Waals surface area (Å²) < 4.78 is 10.6. The molecule has 2 aromatic rings. The van der Waals surface area contributed by atoms with Crippen LogP contribution in [-0.4, -0.2) is 7.11 Å². The van der Waals surface area contributed by atoms with E-state index in [9.17, 15) is 0 Å². The first-order valence-corrected chi connectivity index (χ1v) is 5.68. The van der Waals surface area contributed by atoms with Crippen LogP contribution < -0.4 is 5.32 Å². The maximum Gasteiger partial charge on any atom is 0.125 e. The van der Waals surface area contributed by atoms with Gasteiger partial charge in [-0.2, -0.15) is 0 Å². The van der Waals surface area contributed by atoms with Crippen molar-refractivity contribution < 1.29 is 9.15 Å². The molecule has 0 spiro atoms. The fraction of sp³-hybridized carbons (Fsp3) is 0.286. The predicted molar refractivity (Wildman–Crippen MR) is 67.9 cm³/mol. The van der Waals surface area contributed by atoms with Crippen molar-refractivity contribution in [2.75, 3.05) is 12.4 Å². The van der Waals surface area contributed by atoms with Gasteiger partial charge in [0.15, 0.2) is 0 Å². The number of furan rings is 1. The Kier molecular flexibility index (Phi) is 3.83. The van der Waals surface area contributed by atoms with E-state index in [-0.39, 0.29) is 6.04 Å². The smallest absolute Gasteiger partial charge is 0.125 e. The molecule has 0 aliphatic rings. The second kappa shape index (κ2) is 5.55. The molecule has 0 radical (unpaired) electrons. The largest absolute Gasteiger partial charge is 0.467 e. The van der Waals surface area contributed by atoms with Gasteiger partial charge in [0, 0.05) is 18.4 Å². The minimum atomic E-state index is 0.142. The SMILES string of the molecule is COCc1ccccc1NC(C)c1ccco1. The van der Waals surface area contributed by atoms with E-state index in [1.54, 1.807) is 13.4 Å². The topological polar surface area (TPSA) is 34.4 Å². The van der Waals surface area contributed by atoms with E-state index in [0.717, 1.165) is 17.0 Å². The molecule has 1 aromatic carbocycles. The Balaban J connectivity index is 2.12. The molecule has 17 heavy (non-hydrogen) atoms. The van der Waals surface area contributed by atoms with E-state index >= 15 is 0 Å². The number of methoxy groups -OCH3 is 1. The van der Waals surface area contributed by atoms with Gasteiger partial charge in [-0.25, -0.2) is 0 Å². The third kappa shape index (κ3) is 2.88. The van der Waals surface area contributed by atoms with Crippen LogP contribution in [0.15, 0.2) is 47.1 Å². The van der Waals surface area contributed by atoms with Crippen molar-refractivity contribution in [1.82, 2.24) is 0 Å². The Labute approximate surface area is 101 Å². The van der Waals surface area contributed by atoms with Gasteiger partial charge in [-0.15, -0.1) is 0 Å². The number of rotatable bonds is 5. The molecule has 1 aromatic heterocycles. The highest BCUT2D eigenvalue weighted by atomic mass is 16.5. The molecule has 0 saturated heterocycles. The second-order valence-corrected chi connectivity index (χ2v) is 3.97. The number of ether oxygens (including phenoxy) is 1.